The van der Waals surface area contributed by atoms with Gasteiger partial charge in [-0.2, -0.15) is 0 Å². The Morgan fingerprint density at radius 2 is 1.68 bits per heavy atom. The molecule has 3 rings (SSSR count). The number of rotatable bonds is 10. The molecule has 0 saturated heterocycles. The van der Waals surface area contributed by atoms with Crippen molar-refractivity contribution >= 4 is 41.0 Å². The highest BCUT2D eigenvalue weighted by atomic mass is 35.5. The van der Waals surface area contributed by atoms with Crippen molar-refractivity contribution in [1.82, 2.24) is 5.32 Å². The van der Waals surface area contributed by atoms with Gasteiger partial charge in [-0.1, -0.05) is 67.4 Å². The van der Waals surface area contributed by atoms with E-state index in [1.807, 2.05) is 32.0 Å². The molecule has 1 aliphatic carbocycles. The van der Waals surface area contributed by atoms with E-state index in [-0.39, 0.29) is 23.4 Å². The Labute approximate surface area is 233 Å². The highest BCUT2D eigenvalue weighted by Gasteiger charge is 2.62. The summed E-state index contributed by atoms with van der Waals surface area (Å²) in [4.78, 5) is 38.5. The molecule has 9 heteroatoms. The molecule has 1 aliphatic rings. The summed E-state index contributed by atoms with van der Waals surface area (Å²) >= 11 is 11.7. The lowest BCUT2D eigenvalue weighted by Crippen LogP contribution is -2.35. The monoisotopic (exact) mass is 561 g/mol. The summed E-state index contributed by atoms with van der Waals surface area (Å²) in [7, 11) is 0. The first-order valence-electron chi connectivity index (χ1n) is 12.3. The van der Waals surface area contributed by atoms with Crippen LogP contribution >= 0.6 is 23.2 Å². The van der Waals surface area contributed by atoms with Crippen molar-refractivity contribution in [3.8, 4) is 11.5 Å². The molecule has 38 heavy (non-hydrogen) atoms. The van der Waals surface area contributed by atoms with E-state index in [9.17, 15) is 14.4 Å². The second kappa shape index (κ2) is 12.2. The normalized spacial score (nSPS) is 18.5. The first-order valence-corrected chi connectivity index (χ1v) is 13.1. The molecule has 0 bridgehead atoms. The molecule has 204 valence electrons. The summed E-state index contributed by atoms with van der Waals surface area (Å²) in [6, 6.07) is 15.9. The Morgan fingerprint density at radius 3 is 2.32 bits per heavy atom. The zero-order valence-corrected chi connectivity index (χ0v) is 23.6. The standard InChI is InChI=1S/C29H33Cl2NO6/c1-28(2,3)38-23(33)14-15-32-26(34)25(37-27(35)24-21(17-22(30)31)29(24,4)5)18-10-9-13-20(16-18)36-19-11-7-6-8-12-19/h6-13,16-17,21,24-25H,14-15H2,1-5H3,(H,32,34). The maximum atomic E-state index is 13.2. The molecule has 0 heterocycles. The zero-order chi connectivity index (χ0) is 28.1. The molecule has 1 N–H and O–H groups in total. The third-order valence-electron chi connectivity index (χ3n) is 6.13. The first-order chi connectivity index (χ1) is 17.8. The van der Waals surface area contributed by atoms with E-state index in [4.69, 9.17) is 37.4 Å². The molecule has 0 spiro atoms. The fraction of sp³-hybridized carbons (Fsp3) is 0.414. The predicted octanol–water partition coefficient (Wildman–Crippen LogP) is 6.50. The molecule has 1 amide bonds. The van der Waals surface area contributed by atoms with Gasteiger partial charge in [0.25, 0.3) is 5.91 Å². The van der Waals surface area contributed by atoms with Crippen LogP contribution in [0.4, 0.5) is 0 Å². The van der Waals surface area contributed by atoms with Crippen LogP contribution in [0.3, 0.4) is 0 Å². The van der Waals surface area contributed by atoms with Gasteiger partial charge >= 0.3 is 11.9 Å². The van der Waals surface area contributed by atoms with Gasteiger partial charge in [0, 0.05) is 12.1 Å². The van der Waals surface area contributed by atoms with Crippen molar-refractivity contribution in [2.24, 2.45) is 17.3 Å². The summed E-state index contributed by atoms with van der Waals surface area (Å²) in [5.41, 5.74) is -0.642. The maximum absolute atomic E-state index is 13.2. The van der Waals surface area contributed by atoms with Crippen LogP contribution in [0.2, 0.25) is 0 Å². The molecular weight excluding hydrogens is 529 g/mol. The minimum absolute atomic E-state index is 0.0180. The topological polar surface area (TPSA) is 90.9 Å². The molecule has 7 nitrogen and oxygen atoms in total. The number of nitrogens with one attached hydrogen (secondary N) is 1. The van der Waals surface area contributed by atoms with Gasteiger partial charge in [-0.15, -0.1) is 0 Å². The lowest BCUT2D eigenvalue weighted by molar-refractivity contribution is -0.159. The van der Waals surface area contributed by atoms with E-state index in [0.29, 0.717) is 17.1 Å². The highest BCUT2D eigenvalue weighted by molar-refractivity contribution is 6.55. The van der Waals surface area contributed by atoms with Crippen LogP contribution < -0.4 is 10.1 Å². The number of carbonyl (C=O) groups is 3. The average Bonchev–Trinajstić information content (AvgIpc) is 3.35. The van der Waals surface area contributed by atoms with Crippen molar-refractivity contribution in [3.05, 3.63) is 70.7 Å². The largest absolute Gasteiger partial charge is 0.460 e. The number of halogens is 2. The molecule has 0 aliphatic heterocycles. The zero-order valence-electron chi connectivity index (χ0n) is 22.1. The number of carbonyl (C=O) groups excluding carboxylic acids is 3. The molecule has 3 atom stereocenters. The molecule has 1 saturated carbocycles. The van der Waals surface area contributed by atoms with Gasteiger partial charge < -0.3 is 19.5 Å². The van der Waals surface area contributed by atoms with Gasteiger partial charge in [0.2, 0.25) is 6.10 Å². The number of para-hydroxylation sites is 1. The number of ether oxygens (including phenoxy) is 3. The van der Waals surface area contributed by atoms with Crippen LogP contribution in [0.25, 0.3) is 0 Å². The summed E-state index contributed by atoms with van der Waals surface area (Å²) in [6.07, 6.45) is 0.310. The quantitative estimate of drug-likeness (QED) is 0.333. The van der Waals surface area contributed by atoms with Crippen molar-refractivity contribution in [1.29, 1.82) is 0 Å². The number of allylic oxidation sites excluding steroid dienone is 1. The number of hydrogen-bond donors (Lipinski definition) is 1. The lowest BCUT2D eigenvalue weighted by Gasteiger charge is -2.21. The number of amides is 1. The molecule has 0 aromatic heterocycles. The van der Waals surface area contributed by atoms with E-state index in [0.717, 1.165) is 0 Å². The second-order valence-electron chi connectivity index (χ2n) is 10.7. The van der Waals surface area contributed by atoms with Gasteiger partial charge in [-0.25, -0.2) is 0 Å². The van der Waals surface area contributed by atoms with E-state index < -0.39 is 40.9 Å². The summed E-state index contributed by atoms with van der Waals surface area (Å²) < 4.78 is 17.0. The number of benzene rings is 2. The Hall–Kier alpha value is -3.03. The molecular formula is C29H33Cl2NO6. The van der Waals surface area contributed by atoms with Crippen molar-refractivity contribution in [3.63, 3.8) is 0 Å². The van der Waals surface area contributed by atoms with Crippen LogP contribution in [0.5, 0.6) is 11.5 Å². The molecule has 1 fully saturated rings. The maximum Gasteiger partial charge on any atom is 0.311 e. The molecule has 2 aromatic carbocycles. The van der Waals surface area contributed by atoms with Crippen LogP contribution in [-0.4, -0.2) is 30.0 Å². The number of esters is 2. The number of hydrogen-bond acceptors (Lipinski definition) is 6. The predicted molar refractivity (Wildman–Crippen MR) is 146 cm³/mol. The van der Waals surface area contributed by atoms with E-state index >= 15 is 0 Å². The third-order valence-corrected chi connectivity index (χ3v) is 6.38. The summed E-state index contributed by atoms with van der Waals surface area (Å²) in [6.45, 7) is 9.13. The van der Waals surface area contributed by atoms with E-state index in [1.54, 1.807) is 63.2 Å². The highest BCUT2D eigenvalue weighted by Crippen LogP contribution is 2.60. The fourth-order valence-electron chi connectivity index (χ4n) is 4.18. The Kier molecular flexibility index (Phi) is 9.49. The summed E-state index contributed by atoms with van der Waals surface area (Å²) in [5, 5.41) is 2.68. The van der Waals surface area contributed by atoms with E-state index in [1.165, 1.54) is 0 Å². The van der Waals surface area contributed by atoms with Gasteiger partial charge in [0.15, 0.2) is 0 Å². The van der Waals surface area contributed by atoms with E-state index in [2.05, 4.69) is 5.32 Å². The SMILES string of the molecule is CC(C)(C)OC(=O)CCNC(=O)C(OC(=O)C1C(C=C(Cl)Cl)C1(C)C)c1cccc(Oc2ccccc2)c1. The van der Waals surface area contributed by atoms with Gasteiger partial charge in [0.05, 0.1) is 12.3 Å². The van der Waals surface area contributed by atoms with Gasteiger partial charge in [0.1, 0.15) is 21.6 Å². The first kappa shape index (κ1) is 29.5. The molecule has 2 aromatic rings. The van der Waals surface area contributed by atoms with Gasteiger partial charge in [-0.05, 0) is 62.4 Å². The Morgan fingerprint density at radius 1 is 1.03 bits per heavy atom. The second-order valence-corrected chi connectivity index (χ2v) is 11.7. The average molecular weight is 562 g/mol. The third kappa shape index (κ3) is 8.23. The smallest absolute Gasteiger partial charge is 0.311 e. The lowest BCUT2D eigenvalue weighted by atomic mass is 10.1. The minimum Gasteiger partial charge on any atom is -0.460 e. The molecule has 0 radical (unpaired) electrons. The van der Waals surface area contributed by atoms with Crippen LogP contribution in [0.1, 0.15) is 52.7 Å². The fourth-order valence-corrected chi connectivity index (χ4v) is 4.45. The van der Waals surface area contributed by atoms with Crippen LogP contribution in [0.15, 0.2) is 65.2 Å². The Bertz CT molecular complexity index is 1190. The van der Waals surface area contributed by atoms with Crippen molar-refractivity contribution in [2.75, 3.05) is 6.54 Å². The van der Waals surface area contributed by atoms with Gasteiger partial charge in [-0.3, -0.25) is 14.4 Å². The van der Waals surface area contributed by atoms with Crippen molar-refractivity contribution in [2.45, 2.75) is 52.7 Å². The van der Waals surface area contributed by atoms with Crippen LogP contribution in [-0.2, 0) is 23.9 Å². The summed E-state index contributed by atoms with van der Waals surface area (Å²) in [5.74, 6) is -1.21. The van der Waals surface area contributed by atoms with Crippen molar-refractivity contribution < 1.29 is 28.6 Å². The Balaban J connectivity index is 1.78. The molecule has 3 unspecified atom stereocenters. The minimum atomic E-state index is -1.27. The van der Waals surface area contributed by atoms with Crippen LogP contribution in [0, 0.1) is 17.3 Å².